The molecular formula is C32H39F4N7S. The highest BCUT2D eigenvalue weighted by atomic mass is 32.1. The molecule has 0 radical (unpaired) electrons. The first-order valence-corrected chi connectivity index (χ1v) is 16.1. The quantitative estimate of drug-likeness (QED) is 0.256. The van der Waals surface area contributed by atoms with Crippen molar-refractivity contribution in [2.75, 3.05) is 38.5 Å². The van der Waals surface area contributed by atoms with Crippen molar-refractivity contribution in [2.45, 2.75) is 75.8 Å². The van der Waals surface area contributed by atoms with Crippen LogP contribution in [0, 0.1) is 0 Å². The van der Waals surface area contributed by atoms with Gasteiger partial charge < -0.3 is 20.1 Å². The summed E-state index contributed by atoms with van der Waals surface area (Å²) in [6.45, 7) is 7.01. The normalized spacial score (nSPS) is 22.6. The fraction of sp³-hybridized carbons (Fsp3) is 0.531. The summed E-state index contributed by atoms with van der Waals surface area (Å²) in [5.74, 6) is 0.256. The summed E-state index contributed by atoms with van der Waals surface area (Å²) < 4.78 is 57.4. The third kappa shape index (κ3) is 6.56. The van der Waals surface area contributed by atoms with Crippen LogP contribution in [0.1, 0.15) is 61.0 Å². The van der Waals surface area contributed by atoms with E-state index in [4.69, 9.17) is 4.98 Å². The first-order chi connectivity index (χ1) is 21.0. The van der Waals surface area contributed by atoms with Crippen LogP contribution in [0.15, 0.2) is 47.0 Å². The average Bonchev–Trinajstić information content (AvgIpc) is 3.73. The Morgan fingerprint density at radius 3 is 2.75 bits per heavy atom. The number of aromatic nitrogens is 2. The lowest BCUT2D eigenvalue weighted by Crippen LogP contribution is -2.46. The van der Waals surface area contributed by atoms with Crippen molar-refractivity contribution < 1.29 is 17.6 Å². The first-order valence-electron chi connectivity index (χ1n) is 15.3. The molecule has 236 valence electrons. The lowest BCUT2D eigenvalue weighted by Gasteiger charge is -2.33. The van der Waals surface area contributed by atoms with Crippen molar-refractivity contribution >= 4 is 45.2 Å². The van der Waals surface area contributed by atoms with Gasteiger partial charge in [-0.3, -0.25) is 4.99 Å². The Morgan fingerprint density at radius 1 is 1.20 bits per heavy atom. The minimum absolute atomic E-state index is 0.116. The standard InChI is InChI=1S/C32H39F4N7S/c1-20(28-17-39-30(44-28)31(2)11-5-4-6-12-31)37-15-21-16-38-29(40-21)27-14-22-24(41-25-10-13-42(3)18-23(25)33)8-7-9-26(22)43(27)19-32(34,35)36/h7-9,14,17,23,25,37,41H,1,4-6,10-13,15-16,18-19H2,2-3H3. The lowest BCUT2D eigenvalue weighted by atomic mass is 9.76. The van der Waals surface area contributed by atoms with Crippen LogP contribution in [0.5, 0.6) is 0 Å². The molecular weight excluding hydrogens is 590 g/mol. The van der Waals surface area contributed by atoms with E-state index in [1.54, 1.807) is 35.6 Å². The van der Waals surface area contributed by atoms with Gasteiger partial charge in [0.1, 0.15) is 12.7 Å². The SMILES string of the molecule is C=C(NCC1=NC(c2cc3c(NC4CCN(C)CC4F)cccc3n2CC(F)(F)F)=NC1)c1cnc(C2(C)CCCCC2)s1. The molecule has 2 unspecified atom stereocenters. The summed E-state index contributed by atoms with van der Waals surface area (Å²) >= 11 is 1.67. The van der Waals surface area contributed by atoms with Crippen molar-refractivity contribution in [3.05, 3.63) is 52.6 Å². The van der Waals surface area contributed by atoms with Crippen LogP contribution in [-0.4, -0.2) is 77.6 Å². The van der Waals surface area contributed by atoms with Crippen LogP contribution < -0.4 is 10.6 Å². The summed E-state index contributed by atoms with van der Waals surface area (Å²) in [7, 11) is 1.88. The van der Waals surface area contributed by atoms with Crippen LogP contribution >= 0.6 is 11.3 Å². The number of nitrogens with one attached hydrogen (secondary N) is 2. The number of likely N-dealkylation sites (tertiary alicyclic amines) is 1. The molecule has 4 heterocycles. The Bertz CT molecular complexity index is 1580. The Kier molecular flexibility index (Phi) is 8.58. The van der Waals surface area contributed by atoms with Gasteiger partial charge in [0.05, 0.1) is 45.9 Å². The summed E-state index contributed by atoms with van der Waals surface area (Å²) in [5.41, 5.74) is 2.86. The molecule has 2 atom stereocenters. The number of piperidine rings is 1. The molecule has 2 N–H and O–H groups in total. The number of anilines is 1. The van der Waals surface area contributed by atoms with E-state index in [-0.39, 0.29) is 23.5 Å². The monoisotopic (exact) mass is 629 g/mol. The maximum Gasteiger partial charge on any atom is 0.406 e. The maximum absolute atomic E-state index is 14.8. The largest absolute Gasteiger partial charge is 0.406 e. The van der Waals surface area contributed by atoms with Crippen LogP contribution in [0.25, 0.3) is 16.6 Å². The van der Waals surface area contributed by atoms with Gasteiger partial charge in [-0.05, 0) is 44.5 Å². The van der Waals surface area contributed by atoms with Gasteiger partial charge in [0.25, 0.3) is 0 Å². The van der Waals surface area contributed by atoms with E-state index >= 15 is 0 Å². The summed E-state index contributed by atoms with van der Waals surface area (Å²) in [6.07, 6.45) is 2.96. The van der Waals surface area contributed by atoms with E-state index in [9.17, 15) is 17.6 Å². The zero-order valence-electron chi connectivity index (χ0n) is 25.2. The van der Waals surface area contributed by atoms with E-state index in [0.717, 1.165) is 35.0 Å². The number of hydrogen-bond acceptors (Lipinski definition) is 7. The number of aliphatic imine (C=N–C) groups is 2. The molecule has 7 nitrogen and oxygen atoms in total. The van der Waals surface area contributed by atoms with E-state index in [0.29, 0.717) is 41.8 Å². The minimum Gasteiger partial charge on any atom is -0.379 e. The molecule has 0 spiro atoms. The lowest BCUT2D eigenvalue weighted by molar-refractivity contribution is -0.139. The number of amidine groups is 1. The number of benzene rings is 1. The second-order valence-corrected chi connectivity index (χ2v) is 13.6. The molecule has 0 amide bonds. The fourth-order valence-electron chi connectivity index (χ4n) is 6.52. The zero-order valence-corrected chi connectivity index (χ0v) is 26.0. The van der Waals surface area contributed by atoms with Crippen molar-refractivity contribution in [2.24, 2.45) is 9.98 Å². The van der Waals surface area contributed by atoms with Gasteiger partial charge in [-0.1, -0.05) is 38.8 Å². The van der Waals surface area contributed by atoms with E-state index in [1.807, 2.05) is 18.1 Å². The highest BCUT2D eigenvalue weighted by molar-refractivity contribution is 7.12. The van der Waals surface area contributed by atoms with Crippen LogP contribution in [0.2, 0.25) is 0 Å². The van der Waals surface area contributed by atoms with Gasteiger partial charge >= 0.3 is 6.18 Å². The van der Waals surface area contributed by atoms with Gasteiger partial charge in [0.15, 0.2) is 5.84 Å². The summed E-state index contributed by atoms with van der Waals surface area (Å²) in [5, 5.41) is 8.32. The Morgan fingerprint density at radius 2 is 2.00 bits per heavy atom. The Balaban J connectivity index is 1.19. The van der Waals surface area contributed by atoms with Crippen LogP contribution in [-0.2, 0) is 12.0 Å². The van der Waals surface area contributed by atoms with E-state index in [2.05, 4.69) is 34.1 Å². The zero-order chi connectivity index (χ0) is 31.1. The number of rotatable bonds is 9. The third-order valence-electron chi connectivity index (χ3n) is 9.06. The number of thiazole rings is 1. The van der Waals surface area contributed by atoms with Crippen molar-refractivity contribution in [1.29, 1.82) is 0 Å². The molecule has 1 saturated heterocycles. The summed E-state index contributed by atoms with van der Waals surface area (Å²) in [4.78, 5) is 16.8. The van der Waals surface area contributed by atoms with E-state index < -0.39 is 24.9 Å². The van der Waals surface area contributed by atoms with Gasteiger partial charge in [0.2, 0.25) is 0 Å². The number of alkyl halides is 4. The highest BCUT2D eigenvalue weighted by Crippen LogP contribution is 2.41. The second kappa shape index (κ2) is 12.3. The Labute approximate surface area is 259 Å². The van der Waals surface area contributed by atoms with Gasteiger partial charge in [-0.25, -0.2) is 14.4 Å². The summed E-state index contributed by atoms with van der Waals surface area (Å²) in [6, 6.07) is 6.41. The molecule has 44 heavy (non-hydrogen) atoms. The highest BCUT2D eigenvalue weighted by Gasteiger charge is 2.34. The average molecular weight is 630 g/mol. The smallest absolute Gasteiger partial charge is 0.379 e. The molecule has 2 fully saturated rings. The third-order valence-corrected chi connectivity index (χ3v) is 10.4. The Hall–Kier alpha value is -3.25. The van der Waals surface area contributed by atoms with Gasteiger partial charge in [0, 0.05) is 41.5 Å². The predicted octanol–water partition coefficient (Wildman–Crippen LogP) is 6.80. The van der Waals surface area contributed by atoms with E-state index in [1.165, 1.54) is 23.8 Å². The maximum atomic E-state index is 14.8. The molecule has 3 aromatic rings. The van der Waals surface area contributed by atoms with Crippen molar-refractivity contribution in [1.82, 2.24) is 19.8 Å². The topological polar surface area (TPSA) is 69.8 Å². The number of halogens is 4. The number of hydrogen-bond donors (Lipinski definition) is 2. The molecule has 1 saturated carbocycles. The number of fused-ring (bicyclic) bond motifs is 1. The molecule has 2 aliphatic heterocycles. The molecule has 6 rings (SSSR count). The fourth-order valence-corrected chi connectivity index (χ4v) is 7.58. The van der Waals surface area contributed by atoms with Crippen LogP contribution in [0.3, 0.4) is 0 Å². The molecule has 12 heteroatoms. The molecule has 3 aliphatic rings. The molecule has 2 aromatic heterocycles. The van der Waals surface area contributed by atoms with Gasteiger partial charge in [-0.15, -0.1) is 11.3 Å². The predicted molar refractivity (Wildman–Crippen MR) is 171 cm³/mol. The van der Waals surface area contributed by atoms with Crippen LogP contribution in [0.4, 0.5) is 23.2 Å². The second-order valence-electron chi connectivity index (χ2n) is 12.6. The van der Waals surface area contributed by atoms with Gasteiger partial charge in [-0.2, -0.15) is 13.2 Å². The first kappa shape index (κ1) is 30.8. The molecule has 1 aliphatic carbocycles. The minimum atomic E-state index is -4.45. The molecule has 1 aromatic carbocycles. The number of nitrogens with zero attached hydrogens (tertiary/aromatic N) is 5. The van der Waals surface area contributed by atoms with Crippen molar-refractivity contribution in [3.63, 3.8) is 0 Å². The van der Waals surface area contributed by atoms with Crippen molar-refractivity contribution in [3.8, 4) is 0 Å². The molecule has 0 bridgehead atoms.